The number of benzene rings is 1. The first-order valence-electron chi connectivity index (χ1n) is 14.3. The molecule has 0 saturated carbocycles. The maximum absolute atomic E-state index is 14.4. The zero-order valence-corrected chi connectivity index (χ0v) is 24.0. The lowest BCUT2D eigenvalue weighted by Gasteiger charge is -2.42. The van der Waals surface area contributed by atoms with E-state index >= 15 is 0 Å². The van der Waals surface area contributed by atoms with Crippen LogP contribution in [0.1, 0.15) is 52.2 Å². The Kier molecular flexibility index (Phi) is 7.82. The summed E-state index contributed by atoms with van der Waals surface area (Å²) in [7, 11) is 0. The molecular weight excluding hydrogens is 526 g/mol. The number of hydrogen-bond donors (Lipinski definition) is 2. The molecule has 1 aromatic carbocycles. The molecule has 41 heavy (non-hydrogen) atoms. The van der Waals surface area contributed by atoms with Gasteiger partial charge in [-0.25, -0.2) is 0 Å². The average Bonchev–Trinajstić information content (AvgIpc) is 3.58. The maximum Gasteiger partial charge on any atom is 0.313 e. The molecule has 0 aromatic heterocycles. The molecule has 0 aliphatic carbocycles. The molecule has 0 radical (unpaired) electrons. The smallest absolute Gasteiger partial charge is 0.313 e. The number of esters is 1. The van der Waals surface area contributed by atoms with Crippen molar-refractivity contribution in [2.45, 2.75) is 76.0 Å². The number of fused-ring (bicyclic) bond motifs is 2. The first kappa shape index (κ1) is 29.0. The molecule has 4 aliphatic rings. The van der Waals surface area contributed by atoms with Gasteiger partial charge in [0.1, 0.15) is 23.7 Å². The van der Waals surface area contributed by atoms with E-state index in [9.17, 15) is 24.3 Å². The van der Waals surface area contributed by atoms with Crippen LogP contribution in [0.5, 0.6) is 0 Å². The van der Waals surface area contributed by atoms with Crippen LogP contribution in [0.15, 0.2) is 54.6 Å². The zero-order chi connectivity index (χ0) is 29.5. The van der Waals surface area contributed by atoms with Gasteiger partial charge >= 0.3 is 5.97 Å². The number of ether oxygens (including phenoxy) is 2. The topological polar surface area (TPSA) is 125 Å². The van der Waals surface area contributed by atoms with E-state index in [0.717, 1.165) is 0 Å². The summed E-state index contributed by atoms with van der Waals surface area (Å²) >= 11 is 0. The Bertz CT molecular complexity index is 1260. The monoisotopic (exact) mass is 565 g/mol. The van der Waals surface area contributed by atoms with Crippen molar-refractivity contribution in [3.05, 3.63) is 60.2 Å². The fourth-order valence-corrected chi connectivity index (χ4v) is 6.48. The Hall–Kier alpha value is -3.50. The predicted molar refractivity (Wildman–Crippen MR) is 149 cm³/mol. The number of aliphatic hydroxyl groups is 1. The second kappa shape index (κ2) is 11.1. The van der Waals surface area contributed by atoms with Crippen LogP contribution >= 0.6 is 0 Å². The van der Waals surface area contributed by atoms with Crippen LogP contribution in [-0.4, -0.2) is 87.6 Å². The molecule has 4 aliphatic heterocycles. The van der Waals surface area contributed by atoms with E-state index in [1.54, 1.807) is 24.0 Å². The SMILES string of the molecule is C[C@H](CO)N1C(=O)[C@H]2[C@@H]3C(=O)O[C@H](c4ccccc4)CNC(=O)CC/C=C\CN(C(C)(C)C)C(=O)[C@H]1[C@@]21C=C[C@@H]3O1. The summed E-state index contributed by atoms with van der Waals surface area (Å²) in [5.41, 5.74) is -1.28. The van der Waals surface area contributed by atoms with Crippen molar-refractivity contribution in [3.63, 3.8) is 0 Å². The fraction of sp³-hybridized carbons (Fsp3) is 0.548. The maximum atomic E-state index is 14.4. The molecule has 0 unspecified atom stereocenters. The van der Waals surface area contributed by atoms with Crippen LogP contribution in [-0.2, 0) is 28.7 Å². The van der Waals surface area contributed by atoms with Crippen molar-refractivity contribution in [1.29, 1.82) is 0 Å². The number of nitrogens with zero attached hydrogens (tertiary/aromatic N) is 2. The summed E-state index contributed by atoms with van der Waals surface area (Å²) in [6, 6.07) is 7.37. The van der Waals surface area contributed by atoms with E-state index in [4.69, 9.17) is 9.47 Å². The summed E-state index contributed by atoms with van der Waals surface area (Å²) in [6.45, 7) is 7.38. The van der Waals surface area contributed by atoms with Gasteiger partial charge in [-0.3, -0.25) is 19.2 Å². The molecule has 10 heteroatoms. The third-order valence-electron chi connectivity index (χ3n) is 8.54. The minimum absolute atomic E-state index is 0.0721. The van der Waals surface area contributed by atoms with Gasteiger partial charge in [0.15, 0.2) is 0 Å². The quantitative estimate of drug-likeness (QED) is 0.424. The van der Waals surface area contributed by atoms with Gasteiger partial charge in [0.2, 0.25) is 17.7 Å². The molecule has 5 bridgehead atoms. The number of aliphatic hydroxyl groups excluding tert-OH is 1. The minimum atomic E-state index is -1.37. The third kappa shape index (κ3) is 5.08. The first-order chi connectivity index (χ1) is 19.5. The molecular formula is C31H39N3O7. The number of rotatable bonds is 3. The Labute approximate surface area is 240 Å². The molecule has 2 N–H and O–H groups in total. The summed E-state index contributed by atoms with van der Waals surface area (Å²) in [5.74, 6) is -3.55. The van der Waals surface area contributed by atoms with E-state index in [2.05, 4.69) is 5.32 Å². The predicted octanol–water partition coefficient (Wildman–Crippen LogP) is 1.90. The normalized spacial score (nSPS) is 33.9. The van der Waals surface area contributed by atoms with E-state index in [0.29, 0.717) is 12.0 Å². The van der Waals surface area contributed by atoms with Gasteiger partial charge in [-0.2, -0.15) is 0 Å². The minimum Gasteiger partial charge on any atom is -0.455 e. The Balaban J connectivity index is 1.59. The lowest BCUT2D eigenvalue weighted by atomic mass is 9.74. The van der Waals surface area contributed by atoms with Gasteiger partial charge in [-0.1, -0.05) is 54.6 Å². The number of amides is 3. The molecule has 3 amide bonds. The van der Waals surface area contributed by atoms with E-state index in [1.807, 2.05) is 63.3 Å². The van der Waals surface area contributed by atoms with Gasteiger partial charge in [-0.15, -0.1) is 0 Å². The zero-order valence-electron chi connectivity index (χ0n) is 24.0. The second-order valence-corrected chi connectivity index (χ2v) is 12.2. The van der Waals surface area contributed by atoms with Crippen LogP contribution in [0.3, 0.4) is 0 Å². The molecule has 7 atom stereocenters. The van der Waals surface area contributed by atoms with Gasteiger partial charge < -0.3 is 29.7 Å². The van der Waals surface area contributed by atoms with Crippen molar-refractivity contribution in [2.24, 2.45) is 11.8 Å². The Morgan fingerprint density at radius 2 is 1.83 bits per heavy atom. The highest BCUT2D eigenvalue weighted by molar-refractivity contribution is 5.99. The number of cyclic esters (lactones) is 1. The molecule has 220 valence electrons. The van der Waals surface area contributed by atoms with Crippen molar-refractivity contribution >= 4 is 23.7 Å². The average molecular weight is 566 g/mol. The van der Waals surface area contributed by atoms with E-state index in [1.165, 1.54) is 4.90 Å². The lowest BCUT2D eigenvalue weighted by Crippen LogP contribution is -2.61. The number of nitrogens with one attached hydrogen (secondary N) is 1. The number of hydrogen-bond acceptors (Lipinski definition) is 7. The third-order valence-corrected chi connectivity index (χ3v) is 8.54. The second-order valence-electron chi connectivity index (χ2n) is 12.2. The molecule has 4 heterocycles. The molecule has 5 rings (SSSR count). The summed E-state index contributed by atoms with van der Waals surface area (Å²) in [5, 5.41) is 13.0. The summed E-state index contributed by atoms with van der Waals surface area (Å²) < 4.78 is 12.4. The van der Waals surface area contributed by atoms with Crippen LogP contribution < -0.4 is 5.32 Å². The van der Waals surface area contributed by atoms with Crippen LogP contribution in [0.25, 0.3) is 0 Å². The fourth-order valence-electron chi connectivity index (χ4n) is 6.48. The van der Waals surface area contributed by atoms with Gasteiger partial charge in [0, 0.05) is 18.5 Å². The highest BCUT2D eigenvalue weighted by Crippen LogP contribution is 2.56. The van der Waals surface area contributed by atoms with Crippen molar-refractivity contribution in [1.82, 2.24) is 15.1 Å². The largest absolute Gasteiger partial charge is 0.455 e. The molecule has 1 spiro atoms. The van der Waals surface area contributed by atoms with E-state index < -0.39 is 59.1 Å². The number of likely N-dealkylation sites (tertiary alicyclic amines) is 1. The van der Waals surface area contributed by atoms with E-state index in [-0.39, 0.29) is 37.9 Å². The standard InChI is InChI=1S/C31H39N3O7/c1-19(18-35)34-26-28(38)33(30(2,3)4)16-10-6-9-13-23(36)32-17-22(20-11-7-5-8-12-20)40-29(39)24-21-14-15-31(26,41-21)25(24)27(34)37/h5-8,10-12,14-15,19,21-22,24-26,35H,9,13,16-18H2,1-4H3,(H,32,36)/b10-6-/t19-,21+,22+,24-,25-,26+,31-/m1/s1. The molecule has 2 saturated heterocycles. The first-order valence-corrected chi connectivity index (χ1v) is 14.3. The molecule has 2 fully saturated rings. The van der Waals surface area contributed by atoms with Crippen molar-refractivity contribution in [2.75, 3.05) is 19.7 Å². The van der Waals surface area contributed by atoms with Gasteiger partial charge in [0.25, 0.3) is 0 Å². The van der Waals surface area contributed by atoms with Crippen LogP contribution in [0.2, 0.25) is 0 Å². The highest BCUT2D eigenvalue weighted by Gasteiger charge is 2.74. The number of carbonyl (C=O) groups excluding carboxylic acids is 4. The van der Waals surface area contributed by atoms with Crippen molar-refractivity contribution in [3.8, 4) is 0 Å². The number of allylic oxidation sites excluding steroid dienone is 1. The van der Waals surface area contributed by atoms with Gasteiger partial charge in [-0.05, 0) is 39.7 Å². The summed E-state index contributed by atoms with van der Waals surface area (Å²) in [4.78, 5) is 58.1. The number of carbonyl (C=O) groups is 4. The Morgan fingerprint density at radius 3 is 2.51 bits per heavy atom. The van der Waals surface area contributed by atoms with Crippen LogP contribution in [0.4, 0.5) is 0 Å². The van der Waals surface area contributed by atoms with Crippen molar-refractivity contribution < 1.29 is 33.8 Å². The Morgan fingerprint density at radius 1 is 1.10 bits per heavy atom. The van der Waals surface area contributed by atoms with Gasteiger partial charge in [0.05, 0.1) is 31.2 Å². The molecule has 10 nitrogen and oxygen atoms in total. The molecule has 1 aromatic rings. The summed E-state index contributed by atoms with van der Waals surface area (Å²) in [6.07, 6.45) is 6.37. The lowest BCUT2D eigenvalue weighted by molar-refractivity contribution is -0.160. The van der Waals surface area contributed by atoms with Crippen LogP contribution in [0, 0.1) is 11.8 Å². The highest BCUT2D eigenvalue weighted by atomic mass is 16.6.